The third-order valence-corrected chi connectivity index (χ3v) is 4.45. The highest BCUT2D eigenvalue weighted by molar-refractivity contribution is 4.92. The highest BCUT2D eigenvalue weighted by Gasteiger charge is 2.44. The molecule has 0 bridgehead atoms. The average molecular weight is 383 g/mol. The van der Waals surface area contributed by atoms with Gasteiger partial charge in [0.25, 0.3) is 0 Å². The molecule has 156 valence electrons. The predicted octanol–water partition coefficient (Wildman–Crippen LogP) is -2.59. The van der Waals surface area contributed by atoms with Gasteiger partial charge in [0.15, 0.2) is 6.29 Å². The molecule has 4 N–H and O–H groups in total. The van der Waals surface area contributed by atoms with Crippen LogP contribution in [0.3, 0.4) is 0 Å². The normalized spacial score (nSPS) is 29.9. The van der Waals surface area contributed by atoms with Gasteiger partial charge in [0, 0.05) is 35.0 Å². The molecule has 10 heteroatoms. The number of aliphatic hydroxyl groups is 4. The van der Waals surface area contributed by atoms with Gasteiger partial charge in [0.05, 0.1) is 38.5 Å². The Morgan fingerprint density at radius 2 is 1.15 bits per heavy atom. The summed E-state index contributed by atoms with van der Waals surface area (Å²) in [5.41, 5.74) is 0. The summed E-state index contributed by atoms with van der Waals surface area (Å²) in [5, 5.41) is 39.6. The highest BCUT2D eigenvalue weighted by atomic mass is 16.6. The van der Waals surface area contributed by atoms with Crippen LogP contribution in [0, 0.1) is 0 Å². The fraction of sp³-hybridized carbons (Fsp3) is 1.00. The van der Waals surface area contributed by atoms with Gasteiger partial charge in [-0.2, -0.15) is 0 Å². The summed E-state index contributed by atoms with van der Waals surface area (Å²) in [6.07, 6.45) is -6.98. The molecular weight excluding hydrogens is 350 g/mol. The number of methoxy groups -OCH3 is 4. The van der Waals surface area contributed by atoms with E-state index in [-0.39, 0.29) is 18.6 Å². The van der Waals surface area contributed by atoms with Crippen LogP contribution in [-0.4, -0.2) is 130 Å². The molecule has 0 aromatic heterocycles. The van der Waals surface area contributed by atoms with Gasteiger partial charge in [0.1, 0.15) is 24.4 Å². The molecule has 26 heavy (non-hydrogen) atoms. The standard InChI is InChI=1S/C16H33NO9/c1-22-6-10(7-23-2)17(11(8-24-3)9-25-4)5-12-13(18)14(19)15(20)16(21)26-12/h10-16,18-21H,5-9H2,1-4H3. The van der Waals surface area contributed by atoms with E-state index in [0.29, 0.717) is 26.4 Å². The molecule has 1 rings (SSSR count). The first-order chi connectivity index (χ1) is 12.4. The van der Waals surface area contributed by atoms with Gasteiger partial charge in [-0.15, -0.1) is 0 Å². The molecule has 1 aliphatic rings. The molecule has 0 spiro atoms. The maximum Gasteiger partial charge on any atom is 0.184 e. The lowest BCUT2D eigenvalue weighted by Gasteiger charge is -2.44. The monoisotopic (exact) mass is 383 g/mol. The van der Waals surface area contributed by atoms with Crippen LogP contribution >= 0.6 is 0 Å². The smallest absolute Gasteiger partial charge is 0.184 e. The van der Waals surface area contributed by atoms with Crippen LogP contribution in [0.4, 0.5) is 0 Å². The van der Waals surface area contributed by atoms with Crippen molar-refractivity contribution in [2.24, 2.45) is 0 Å². The molecule has 5 unspecified atom stereocenters. The van der Waals surface area contributed by atoms with E-state index < -0.39 is 30.7 Å². The van der Waals surface area contributed by atoms with Crippen molar-refractivity contribution in [2.75, 3.05) is 61.4 Å². The lowest BCUT2D eigenvalue weighted by atomic mass is 9.97. The van der Waals surface area contributed by atoms with E-state index in [1.165, 1.54) is 0 Å². The van der Waals surface area contributed by atoms with Crippen molar-refractivity contribution in [1.29, 1.82) is 0 Å². The summed E-state index contributed by atoms with van der Waals surface area (Å²) in [5.74, 6) is 0. The summed E-state index contributed by atoms with van der Waals surface area (Å²) in [6, 6.07) is -0.422. The summed E-state index contributed by atoms with van der Waals surface area (Å²) >= 11 is 0. The number of nitrogens with zero attached hydrogens (tertiary/aromatic N) is 1. The van der Waals surface area contributed by atoms with Crippen molar-refractivity contribution in [3.05, 3.63) is 0 Å². The molecule has 1 fully saturated rings. The van der Waals surface area contributed by atoms with E-state index in [0.717, 1.165) is 0 Å². The van der Waals surface area contributed by atoms with Gasteiger partial charge in [-0.05, 0) is 0 Å². The van der Waals surface area contributed by atoms with Crippen molar-refractivity contribution < 1.29 is 44.1 Å². The molecule has 0 saturated carbocycles. The third-order valence-electron chi connectivity index (χ3n) is 4.45. The van der Waals surface area contributed by atoms with Gasteiger partial charge in [-0.1, -0.05) is 0 Å². The number of hydrogen-bond donors (Lipinski definition) is 4. The van der Waals surface area contributed by atoms with Gasteiger partial charge < -0.3 is 44.1 Å². The molecule has 0 aromatic rings. The number of rotatable bonds is 12. The van der Waals surface area contributed by atoms with E-state index in [4.69, 9.17) is 23.7 Å². The average Bonchev–Trinajstić information content (AvgIpc) is 2.61. The van der Waals surface area contributed by atoms with Gasteiger partial charge in [-0.3, -0.25) is 4.90 Å². The summed E-state index contributed by atoms with van der Waals surface area (Å²) in [6.45, 7) is 1.50. The molecule has 0 amide bonds. The number of aliphatic hydroxyl groups excluding tert-OH is 4. The Morgan fingerprint density at radius 3 is 1.54 bits per heavy atom. The van der Waals surface area contributed by atoms with Gasteiger partial charge >= 0.3 is 0 Å². The molecular formula is C16H33NO9. The van der Waals surface area contributed by atoms with Crippen LogP contribution < -0.4 is 0 Å². The Morgan fingerprint density at radius 1 is 0.731 bits per heavy atom. The fourth-order valence-corrected chi connectivity index (χ4v) is 3.13. The topological polar surface area (TPSA) is 130 Å². The number of hydrogen-bond acceptors (Lipinski definition) is 10. The van der Waals surface area contributed by atoms with Crippen LogP contribution in [-0.2, 0) is 23.7 Å². The first kappa shape index (κ1) is 23.6. The second-order valence-corrected chi connectivity index (χ2v) is 6.36. The second kappa shape index (κ2) is 12.1. The lowest BCUT2D eigenvalue weighted by molar-refractivity contribution is -0.285. The first-order valence-corrected chi connectivity index (χ1v) is 8.50. The van der Waals surface area contributed by atoms with E-state index in [2.05, 4.69) is 0 Å². The van der Waals surface area contributed by atoms with Crippen molar-refractivity contribution in [1.82, 2.24) is 4.90 Å². The Labute approximate surface area is 154 Å². The second-order valence-electron chi connectivity index (χ2n) is 6.36. The molecule has 0 radical (unpaired) electrons. The van der Waals surface area contributed by atoms with E-state index in [1.807, 2.05) is 4.90 Å². The minimum atomic E-state index is -1.59. The minimum absolute atomic E-state index is 0.136. The zero-order valence-electron chi connectivity index (χ0n) is 15.9. The van der Waals surface area contributed by atoms with Crippen LogP contribution in [0.2, 0.25) is 0 Å². The Bertz CT molecular complexity index is 348. The summed E-state index contributed by atoms with van der Waals surface area (Å²) in [7, 11) is 6.27. The van der Waals surface area contributed by atoms with Crippen LogP contribution in [0.15, 0.2) is 0 Å². The quantitative estimate of drug-likeness (QED) is 0.285. The molecule has 5 atom stereocenters. The zero-order valence-corrected chi connectivity index (χ0v) is 15.9. The Hall–Kier alpha value is -0.400. The van der Waals surface area contributed by atoms with Crippen molar-refractivity contribution >= 4 is 0 Å². The molecule has 0 aliphatic carbocycles. The van der Waals surface area contributed by atoms with Crippen molar-refractivity contribution in [3.63, 3.8) is 0 Å². The lowest BCUT2D eigenvalue weighted by Crippen LogP contribution is -2.62. The van der Waals surface area contributed by atoms with Gasteiger partial charge in [-0.25, -0.2) is 0 Å². The largest absolute Gasteiger partial charge is 0.388 e. The maximum absolute atomic E-state index is 10.3. The van der Waals surface area contributed by atoms with Gasteiger partial charge in [0.2, 0.25) is 0 Å². The molecule has 10 nitrogen and oxygen atoms in total. The van der Waals surface area contributed by atoms with E-state index in [9.17, 15) is 20.4 Å². The molecule has 1 aliphatic heterocycles. The third kappa shape index (κ3) is 6.34. The van der Waals surface area contributed by atoms with Crippen LogP contribution in [0.25, 0.3) is 0 Å². The molecule has 0 aromatic carbocycles. The predicted molar refractivity (Wildman–Crippen MR) is 90.7 cm³/mol. The first-order valence-electron chi connectivity index (χ1n) is 8.50. The van der Waals surface area contributed by atoms with Crippen molar-refractivity contribution in [2.45, 2.75) is 42.8 Å². The Balaban J connectivity index is 3.01. The van der Waals surface area contributed by atoms with Crippen LogP contribution in [0.1, 0.15) is 0 Å². The minimum Gasteiger partial charge on any atom is -0.388 e. The number of ether oxygens (including phenoxy) is 5. The fourth-order valence-electron chi connectivity index (χ4n) is 3.13. The SMILES string of the molecule is COCC(COC)N(CC1OC(O)C(O)C(O)C1O)C(COC)COC. The molecule has 1 saturated heterocycles. The summed E-state index contributed by atoms with van der Waals surface area (Å²) in [4.78, 5) is 1.94. The summed E-state index contributed by atoms with van der Waals surface area (Å²) < 4.78 is 26.4. The zero-order chi connectivity index (χ0) is 19.7. The Kier molecular flexibility index (Phi) is 11.0. The van der Waals surface area contributed by atoms with E-state index >= 15 is 0 Å². The maximum atomic E-state index is 10.3. The van der Waals surface area contributed by atoms with Crippen molar-refractivity contribution in [3.8, 4) is 0 Å². The highest BCUT2D eigenvalue weighted by Crippen LogP contribution is 2.22. The van der Waals surface area contributed by atoms with Crippen LogP contribution in [0.5, 0.6) is 0 Å². The molecule has 1 heterocycles. The van der Waals surface area contributed by atoms with E-state index in [1.54, 1.807) is 28.4 Å².